The van der Waals surface area contributed by atoms with Crippen molar-refractivity contribution in [3.63, 3.8) is 0 Å². The smallest absolute Gasteiger partial charge is 0.325 e. The average Bonchev–Trinajstić information content (AvgIpc) is 2.45. The first-order valence-corrected chi connectivity index (χ1v) is 5.64. The van der Waals surface area contributed by atoms with Gasteiger partial charge in [-0.05, 0) is 5.56 Å². The molecule has 0 aliphatic carbocycles. The van der Waals surface area contributed by atoms with Crippen molar-refractivity contribution in [2.45, 2.75) is 12.1 Å². The van der Waals surface area contributed by atoms with E-state index in [-0.39, 0.29) is 12.4 Å². The van der Waals surface area contributed by atoms with Crippen molar-refractivity contribution >= 4 is 11.8 Å². The normalized spacial score (nSPS) is 13.7. The molecule has 104 valence electrons. The van der Waals surface area contributed by atoms with Gasteiger partial charge in [0, 0.05) is 12.7 Å². The molecule has 0 spiro atoms. The fourth-order valence-electron chi connectivity index (χ4n) is 1.55. The van der Waals surface area contributed by atoms with Gasteiger partial charge in [-0.3, -0.25) is 9.59 Å². The number of rotatable bonds is 6. The molecule has 0 fully saturated rings. The number of Topliss-reactive ketones (excluding diaryl/α,β-unsaturated/α-hetero) is 1. The molecule has 2 atom stereocenters. The Morgan fingerprint density at radius 1 is 1.26 bits per heavy atom. The standard InChI is InChI=1S/C13H17NO5/c1-18-7-10(15)8-3-5-9(6-4-8)12(16)11(14)13(17)19-2/h3-6,11-12,16H,7,14H2,1-2H3/t11-,12+/m0/s1. The lowest BCUT2D eigenvalue weighted by molar-refractivity contribution is -0.145. The molecule has 19 heavy (non-hydrogen) atoms. The Labute approximate surface area is 111 Å². The van der Waals surface area contributed by atoms with Crippen LogP contribution in [0.4, 0.5) is 0 Å². The summed E-state index contributed by atoms with van der Waals surface area (Å²) >= 11 is 0. The number of carbonyl (C=O) groups is 2. The van der Waals surface area contributed by atoms with Gasteiger partial charge in [0.05, 0.1) is 7.11 Å². The van der Waals surface area contributed by atoms with Crippen LogP contribution in [0, 0.1) is 0 Å². The monoisotopic (exact) mass is 267 g/mol. The van der Waals surface area contributed by atoms with Crippen LogP contribution in [0.25, 0.3) is 0 Å². The van der Waals surface area contributed by atoms with E-state index < -0.39 is 18.1 Å². The molecule has 0 aliphatic heterocycles. The van der Waals surface area contributed by atoms with Gasteiger partial charge in [-0.15, -0.1) is 0 Å². The van der Waals surface area contributed by atoms with Crippen molar-refractivity contribution in [2.24, 2.45) is 5.73 Å². The van der Waals surface area contributed by atoms with Crippen LogP contribution < -0.4 is 5.73 Å². The zero-order valence-electron chi connectivity index (χ0n) is 10.8. The van der Waals surface area contributed by atoms with Gasteiger partial charge in [0.1, 0.15) is 18.8 Å². The lowest BCUT2D eigenvalue weighted by Crippen LogP contribution is -2.37. The van der Waals surface area contributed by atoms with Crippen molar-refractivity contribution in [1.29, 1.82) is 0 Å². The van der Waals surface area contributed by atoms with Crippen LogP contribution in [-0.2, 0) is 14.3 Å². The minimum Gasteiger partial charge on any atom is -0.468 e. The molecule has 0 radical (unpaired) electrons. The van der Waals surface area contributed by atoms with Crippen LogP contribution in [0.15, 0.2) is 24.3 Å². The molecular weight excluding hydrogens is 250 g/mol. The molecule has 0 amide bonds. The minimum atomic E-state index is -1.18. The predicted molar refractivity (Wildman–Crippen MR) is 67.6 cm³/mol. The van der Waals surface area contributed by atoms with Gasteiger partial charge in [0.25, 0.3) is 0 Å². The lowest BCUT2D eigenvalue weighted by atomic mass is 10.0. The first-order valence-electron chi connectivity index (χ1n) is 5.64. The Hall–Kier alpha value is -1.76. The van der Waals surface area contributed by atoms with Crippen LogP contribution in [0.2, 0.25) is 0 Å². The molecule has 0 unspecified atom stereocenters. The molecule has 3 N–H and O–H groups in total. The highest BCUT2D eigenvalue weighted by Crippen LogP contribution is 2.17. The van der Waals surface area contributed by atoms with Crippen LogP contribution in [0.5, 0.6) is 0 Å². The molecule has 1 rings (SSSR count). The van der Waals surface area contributed by atoms with Crippen LogP contribution in [-0.4, -0.2) is 43.7 Å². The quantitative estimate of drug-likeness (QED) is 0.558. The Bertz CT molecular complexity index is 443. The summed E-state index contributed by atoms with van der Waals surface area (Å²) in [7, 11) is 2.63. The van der Waals surface area contributed by atoms with E-state index in [0.717, 1.165) is 0 Å². The molecule has 0 saturated carbocycles. The average molecular weight is 267 g/mol. The lowest BCUT2D eigenvalue weighted by Gasteiger charge is -2.17. The Kier molecular flexibility index (Phi) is 5.62. The summed E-state index contributed by atoms with van der Waals surface area (Å²) in [6.07, 6.45) is -1.18. The predicted octanol–water partition coefficient (Wildman–Crippen LogP) is 0.0494. The number of esters is 1. The van der Waals surface area contributed by atoms with Gasteiger partial charge < -0.3 is 20.3 Å². The maximum atomic E-state index is 11.5. The Morgan fingerprint density at radius 3 is 2.32 bits per heavy atom. The summed E-state index contributed by atoms with van der Waals surface area (Å²) < 4.78 is 9.19. The third-order valence-corrected chi connectivity index (χ3v) is 2.66. The Morgan fingerprint density at radius 2 is 1.84 bits per heavy atom. The first kappa shape index (κ1) is 15.3. The molecule has 6 heteroatoms. The van der Waals surface area contributed by atoms with Crippen LogP contribution >= 0.6 is 0 Å². The second-order valence-electron chi connectivity index (χ2n) is 3.97. The second-order valence-corrected chi connectivity index (χ2v) is 3.97. The van der Waals surface area contributed by atoms with E-state index in [1.165, 1.54) is 26.4 Å². The molecule has 0 heterocycles. The van der Waals surface area contributed by atoms with E-state index in [2.05, 4.69) is 4.74 Å². The minimum absolute atomic E-state index is 0.0103. The largest absolute Gasteiger partial charge is 0.468 e. The van der Waals surface area contributed by atoms with Gasteiger partial charge in [-0.25, -0.2) is 0 Å². The third kappa shape index (κ3) is 3.85. The number of aliphatic hydroxyl groups excluding tert-OH is 1. The van der Waals surface area contributed by atoms with E-state index >= 15 is 0 Å². The summed E-state index contributed by atoms with van der Waals surface area (Å²) in [6, 6.07) is 5.01. The van der Waals surface area contributed by atoms with Gasteiger partial charge >= 0.3 is 5.97 Å². The summed E-state index contributed by atoms with van der Waals surface area (Å²) in [6.45, 7) is -0.0103. The van der Waals surface area contributed by atoms with E-state index in [1.807, 2.05) is 0 Å². The molecule has 6 nitrogen and oxygen atoms in total. The zero-order valence-corrected chi connectivity index (χ0v) is 10.8. The molecule has 0 saturated heterocycles. The van der Waals surface area contributed by atoms with E-state index in [0.29, 0.717) is 11.1 Å². The molecule has 0 aromatic heterocycles. The number of nitrogens with two attached hydrogens (primary N) is 1. The highest BCUT2D eigenvalue weighted by Gasteiger charge is 2.24. The van der Waals surface area contributed by atoms with Gasteiger partial charge in [0.15, 0.2) is 5.78 Å². The maximum absolute atomic E-state index is 11.5. The molecule has 0 bridgehead atoms. The molecule has 0 aliphatic rings. The topological polar surface area (TPSA) is 98.9 Å². The highest BCUT2D eigenvalue weighted by molar-refractivity contribution is 5.97. The van der Waals surface area contributed by atoms with Crippen molar-refractivity contribution in [3.8, 4) is 0 Å². The number of ether oxygens (including phenoxy) is 2. The fourth-order valence-corrected chi connectivity index (χ4v) is 1.55. The summed E-state index contributed by atoms with van der Waals surface area (Å²) in [5.41, 5.74) is 6.44. The van der Waals surface area contributed by atoms with Gasteiger partial charge in [0.2, 0.25) is 0 Å². The van der Waals surface area contributed by atoms with Crippen LogP contribution in [0.1, 0.15) is 22.0 Å². The number of hydrogen-bond donors (Lipinski definition) is 2. The van der Waals surface area contributed by atoms with Gasteiger partial charge in [-0.2, -0.15) is 0 Å². The maximum Gasteiger partial charge on any atom is 0.325 e. The van der Waals surface area contributed by atoms with Crippen molar-refractivity contribution in [2.75, 3.05) is 20.8 Å². The van der Waals surface area contributed by atoms with E-state index in [4.69, 9.17) is 10.5 Å². The second kappa shape index (κ2) is 6.98. The molecule has 1 aromatic rings. The Balaban J connectivity index is 2.81. The van der Waals surface area contributed by atoms with E-state index in [1.54, 1.807) is 12.1 Å². The number of carbonyl (C=O) groups excluding carboxylic acids is 2. The SMILES string of the molecule is COCC(=O)c1ccc([C@@H](O)[C@H](N)C(=O)OC)cc1. The van der Waals surface area contributed by atoms with Crippen LogP contribution in [0.3, 0.4) is 0 Å². The third-order valence-electron chi connectivity index (χ3n) is 2.66. The van der Waals surface area contributed by atoms with Crippen molar-refractivity contribution in [3.05, 3.63) is 35.4 Å². The summed E-state index contributed by atoms with van der Waals surface area (Å²) in [5.74, 6) is -0.868. The highest BCUT2D eigenvalue weighted by atomic mass is 16.5. The molecular formula is C13H17NO5. The number of hydrogen-bond acceptors (Lipinski definition) is 6. The number of ketones is 1. The summed E-state index contributed by atoms with van der Waals surface area (Å²) in [5, 5.41) is 9.89. The zero-order chi connectivity index (χ0) is 14.4. The van der Waals surface area contributed by atoms with Crippen molar-refractivity contribution < 1.29 is 24.2 Å². The van der Waals surface area contributed by atoms with Gasteiger partial charge in [-0.1, -0.05) is 24.3 Å². The number of aliphatic hydroxyl groups is 1. The molecule has 1 aromatic carbocycles. The number of benzene rings is 1. The van der Waals surface area contributed by atoms with E-state index in [9.17, 15) is 14.7 Å². The fraction of sp³-hybridized carbons (Fsp3) is 0.385. The summed E-state index contributed by atoms with van der Waals surface area (Å²) in [4.78, 5) is 22.7. The number of methoxy groups -OCH3 is 2. The van der Waals surface area contributed by atoms with Crippen molar-refractivity contribution in [1.82, 2.24) is 0 Å². The first-order chi connectivity index (χ1) is 9.01.